The number of nitrogens with zero attached hydrogens (tertiary/aromatic N) is 2. The second kappa shape index (κ2) is 7.86. The molecule has 5 heteroatoms. The van der Waals surface area contributed by atoms with Gasteiger partial charge < -0.3 is 10.2 Å². The van der Waals surface area contributed by atoms with Crippen LogP contribution < -0.4 is 0 Å². The second-order valence-electron chi connectivity index (χ2n) is 7.00. The molecule has 5 nitrogen and oxygen atoms in total. The molecule has 0 amide bonds. The fraction of sp³-hybridized carbons (Fsp3) is 0.273. The molecule has 1 atom stereocenters. The first-order chi connectivity index (χ1) is 12.9. The van der Waals surface area contributed by atoms with Crippen LogP contribution >= 0.6 is 0 Å². The first kappa shape index (κ1) is 19.0. The smallest absolute Gasteiger partial charge is 0.150 e. The van der Waals surface area contributed by atoms with Crippen LogP contribution in [0.2, 0.25) is 0 Å². The number of hydrogen-bond donors (Lipinski definition) is 2. The van der Waals surface area contributed by atoms with Crippen molar-refractivity contribution in [1.82, 2.24) is 9.78 Å². The molecule has 0 aliphatic heterocycles. The van der Waals surface area contributed by atoms with Crippen LogP contribution in [0.4, 0.5) is 0 Å². The van der Waals surface area contributed by atoms with E-state index in [4.69, 9.17) is 5.11 Å². The van der Waals surface area contributed by atoms with E-state index in [1.807, 2.05) is 49.4 Å². The van der Waals surface area contributed by atoms with Crippen molar-refractivity contribution in [3.8, 4) is 16.9 Å². The van der Waals surface area contributed by atoms with E-state index in [9.17, 15) is 9.90 Å². The van der Waals surface area contributed by atoms with Gasteiger partial charge in [-0.1, -0.05) is 29.8 Å². The number of aliphatic hydroxyl groups is 2. The van der Waals surface area contributed by atoms with Gasteiger partial charge in [-0.05, 0) is 57.0 Å². The summed E-state index contributed by atoms with van der Waals surface area (Å²) in [6.45, 7) is 3.77. The van der Waals surface area contributed by atoms with E-state index in [0.717, 1.165) is 28.8 Å². The predicted molar refractivity (Wildman–Crippen MR) is 105 cm³/mol. The Labute approximate surface area is 158 Å². The lowest BCUT2D eigenvalue weighted by Crippen LogP contribution is -2.22. The summed E-state index contributed by atoms with van der Waals surface area (Å²) in [5, 5.41) is 24.6. The Kier molecular flexibility index (Phi) is 5.54. The summed E-state index contributed by atoms with van der Waals surface area (Å²) in [6.07, 6.45) is 1.71. The zero-order valence-electron chi connectivity index (χ0n) is 15.6. The number of carbonyl (C=O) groups excluding carboxylic acids is 1. The molecule has 0 radical (unpaired) electrons. The number of aliphatic hydroxyl groups excluding tert-OH is 1. The normalized spacial score (nSPS) is 13.3. The molecular weight excluding hydrogens is 340 g/mol. The van der Waals surface area contributed by atoms with Crippen LogP contribution in [-0.4, -0.2) is 32.9 Å². The monoisotopic (exact) mass is 364 g/mol. The van der Waals surface area contributed by atoms with Crippen molar-refractivity contribution in [2.75, 3.05) is 6.61 Å². The van der Waals surface area contributed by atoms with Gasteiger partial charge in [-0.25, -0.2) is 4.68 Å². The molecule has 1 unspecified atom stereocenters. The minimum atomic E-state index is -1.14. The number of hydrogen-bond acceptors (Lipinski definition) is 4. The summed E-state index contributed by atoms with van der Waals surface area (Å²) in [6, 6.07) is 17.1. The Morgan fingerprint density at radius 2 is 1.78 bits per heavy atom. The molecule has 0 spiro atoms. The Bertz CT molecular complexity index is 910. The summed E-state index contributed by atoms with van der Waals surface area (Å²) in [5.74, 6) is 0. The maximum absolute atomic E-state index is 10.9. The summed E-state index contributed by atoms with van der Waals surface area (Å²) >= 11 is 0. The van der Waals surface area contributed by atoms with Crippen molar-refractivity contribution >= 4 is 6.29 Å². The third-order valence-corrected chi connectivity index (χ3v) is 4.70. The van der Waals surface area contributed by atoms with Gasteiger partial charge in [0.1, 0.15) is 11.9 Å². The topological polar surface area (TPSA) is 75.3 Å². The van der Waals surface area contributed by atoms with E-state index in [0.29, 0.717) is 24.1 Å². The quantitative estimate of drug-likeness (QED) is 0.628. The molecule has 0 aliphatic rings. The van der Waals surface area contributed by atoms with Gasteiger partial charge >= 0.3 is 0 Å². The lowest BCUT2D eigenvalue weighted by molar-refractivity contribution is 0.0357. The molecular formula is C22H24N2O3. The Hall–Kier alpha value is -2.76. The molecule has 140 valence electrons. The molecule has 1 aromatic heterocycles. The summed E-state index contributed by atoms with van der Waals surface area (Å²) in [7, 11) is 0. The molecule has 3 rings (SSSR count). The van der Waals surface area contributed by atoms with Gasteiger partial charge in [-0.3, -0.25) is 4.79 Å². The zero-order chi connectivity index (χ0) is 19.4. The molecule has 0 saturated heterocycles. The van der Waals surface area contributed by atoms with E-state index in [1.54, 1.807) is 23.7 Å². The largest absolute Gasteiger partial charge is 0.396 e. The molecule has 2 N–H and O–H groups in total. The van der Waals surface area contributed by atoms with E-state index in [2.05, 4.69) is 5.10 Å². The van der Waals surface area contributed by atoms with Crippen LogP contribution in [0.1, 0.15) is 41.4 Å². The molecule has 3 aromatic rings. The number of carbonyl (C=O) groups is 1. The molecule has 0 fully saturated rings. The highest BCUT2D eigenvalue weighted by Crippen LogP contribution is 2.31. The molecule has 1 heterocycles. The van der Waals surface area contributed by atoms with Gasteiger partial charge in [0.25, 0.3) is 0 Å². The predicted octanol–water partition coefficient (Wildman–Crippen LogP) is 3.64. The number of rotatable bonds is 7. The van der Waals surface area contributed by atoms with Gasteiger partial charge in [0, 0.05) is 17.7 Å². The minimum absolute atomic E-state index is 0.0227. The standard InChI is InChI=1S/C22H24N2O3/c1-16-4-8-18(9-5-16)20-14-21(22(2,27)12-3-13-25)23-24(20)19-10-6-17(15-26)7-11-19/h4-11,14-15,25,27H,3,12-13H2,1-2H3. The fourth-order valence-corrected chi connectivity index (χ4v) is 3.02. The molecule has 27 heavy (non-hydrogen) atoms. The van der Waals surface area contributed by atoms with Crippen LogP contribution in [0.5, 0.6) is 0 Å². The Morgan fingerprint density at radius 1 is 1.11 bits per heavy atom. The van der Waals surface area contributed by atoms with Gasteiger partial charge in [0.2, 0.25) is 0 Å². The SMILES string of the molecule is Cc1ccc(-c2cc(C(C)(O)CCCO)nn2-c2ccc(C=O)cc2)cc1. The average Bonchev–Trinajstić information content (AvgIpc) is 3.13. The Balaban J connectivity index is 2.11. The van der Waals surface area contributed by atoms with E-state index < -0.39 is 5.60 Å². The summed E-state index contributed by atoms with van der Waals surface area (Å²) in [4.78, 5) is 10.9. The number of aldehydes is 1. The Morgan fingerprint density at radius 3 is 2.37 bits per heavy atom. The maximum Gasteiger partial charge on any atom is 0.150 e. The van der Waals surface area contributed by atoms with Crippen LogP contribution in [0.15, 0.2) is 54.6 Å². The third-order valence-electron chi connectivity index (χ3n) is 4.70. The van der Waals surface area contributed by atoms with Crippen molar-refractivity contribution in [1.29, 1.82) is 0 Å². The highest BCUT2D eigenvalue weighted by Gasteiger charge is 2.27. The number of aromatic nitrogens is 2. The van der Waals surface area contributed by atoms with Gasteiger partial charge in [-0.15, -0.1) is 0 Å². The molecule has 0 aliphatic carbocycles. The maximum atomic E-state index is 10.9. The highest BCUT2D eigenvalue weighted by atomic mass is 16.3. The third kappa shape index (κ3) is 4.15. The first-order valence-corrected chi connectivity index (χ1v) is 9.01. The van der Waals surface area contributed by atoms with Crippen molar-refractivity contribution < 1.29 is 15.0 Å². The van der Waals surface area contributed by atoms with Crippen LogP contribution in [0.25, 0.3) is 16.9 Å². The first-order valence-electron chi connectivity index (χ1n) is 9.01. The minimum Gasteiger partial charge on any atom is -0.396 e. The van der Waals surface area contributed by atoms with Crippen molar-refractivity contribution in [2.45, 2.75) is 32.3 Å². The fourth-order valence-electron chi connectivity index (χ4n) is 3.02. The van der Waals surface area contributed by atoms with Crippen LogP contribution in [-0.2, 0) is 5.60 Å². The summed E-state index contributed by atoms with van der Waals surface area (Å²) in [5.41, 5.74) is 3.81. The molecule has 2 aromatic carbocycles. The van der Waals surface area contributed by atoms with Gasteiger partial charge in [0.15, 0.2) is 0 Å². The molecule has 0 saturated carbocycles. The van der Waals surface area contributed by atoms with Crippen molar-refractivity contribution in [2.24, 2.45) is 0 Å². The van der Waals surface area contributed by atoms with Crippen molar-refractivity contribution in [3.63, 3.8) is 0 Å². The van der Waals surface area contributed by atoms with Gasteiger partial charge in [-0.2, -0.15) is 5.10 Å². The lowest BCUT2D eigenvalue weighted by atomic mass is 9.95. The van der Waals surface area contributed by atoms with E-state index >= 15 is 0 Å². The summed E-state index contributed by atoms with van der Waals surface area (Å²) < 4.78 is 1.78. The number of aryl methyl sites for hydroxylation is 1. The van der Waals surface area contributed by atoms with E-state index in [-0.39, 0.29) is 6.61 Å². The van der Waals surface area contributed by atoms with Crippen molar-refractivity contribution in [3.05, 3.63) is 71.4 Å². The average molecular weight is 364 g/mol. The number of benzene rings is 2. The van der Waals surface area contributed by atoms with E-state index in [1.165, 1.54) is 0 Å². The van der Waals surface area contributed by atoms with Gasteiger partial charge in [0.05, 0.1) is 17.1 Å². The zero-order valence-corrected chi connectivity index (χ0v) is 15.6. The lowest BCUT2D eigenvalue weighted by Gasteiger charge is -2.20. The second-order valence-corrected chi connectivity index (χ2v) is 7.00. The van der Waals surface area contributed by atoms with Crippen LogP contribution in [0.3, 0.4) is 0 Å². The van der Waals surface area contributed by atoms with Crippen LogP contribution in [0, 0.1) is 6.92 Å². The molecule has 0 bridgehead atoms. The highest BCUT2D eigenvalue weighted by molar-refractivity contribution is 5.75.